The van der Waals surface area contributed by atoms with Gasteiger partial charge in [-0.2, -0.15) is 0 Å². The lowest BCUT2D eigenvalue weighted by Gasteiger charge is -2.29. The Labute approximate surface area is 91.0 Å². The maximum absolute atomic E-state index is 3.47. The maximum Gasteiger partial charge on any atom is 0.0778 e. The quantitative estimate of drug-likeness (QED) is 0.781. The third kappa shape index (κ3) is 1.85. The van der Waals surface area contributed by atoms with Crippen LogP contribution in [-0.2, 0) is 0 Å². The van der Waals surface area contributed by atoms with Gasteiger partial charge in [0.05, 0.1) is 12.4 Å². The lowest BCUT2D eigenvalue weighted by atomic mass is 10.3. The molecular weight excluding hydrogens is 248 g/mol. The summed E-state index contributed by atoms with van der Waals surface area (Å²) in [5, 5.41) is 0. The zero-order valence-corrected chi connectivity index (χ0v) is 9.78. The summed E-state index contributed by atoms with van der Waals surface area (Å²) >= 11 is 5.17. The Hall–Kier alpha value is -0.190. The van der Waals surface area contributed by atoms with E-state index in [1.807, 2.05) is 0 Å². The van der Waals surface area contributed by atoms with E-state index in [9.17, 15) is 0 Å². The average molecular weight is 259 g/mol. The molecule has 0 amide bonds. The van der Waals surface area contributed by atoms with Crippen LogP contribution in [0.15, 0.2) is 27.6 Å². The van der Waals surface area contributed by atoms with E-state index in [1.165, 1.54) is 10.6 Å². The number of benzene rings is 1. The lowest BCUT2D eigenvalue weighted by molar-refractivity contribution is 0.785. The molecule has 0 saturated carbocycles. The molecule has 0 atom stereocenters. The highest BCUT2D eigenvalue weighted by Gasteiger charge is 2.15. The van der Waals surface area contributed by atoms with Crippen molar-refractivity contribution in [3.05, 3.63) is 22.7 Å². The number of halogens is 1. The second kappa shape index (κ2) is 3.90. The van der Waals surface area contributed by atoms with E-state index in [2.05, 4.69) is 50.7 Å². The zero-order valence-electron chi connectivity index (χ0n) is 7.38. The SMILES string of the molecule is CCN1CNSc2cc(Br)ccc21. The van der Waals surface area contributed by atoms with Crippen molar-refractivity contribution in [3.8, 4) is 0 Å². The Kier molecular flexibility index (Phi) is 2.81. The van der Waals surface area contributed by atoms with E-state index in [1.54, 1.807) is 11.9 Å². The van der Waals surface area contributed by atoms with Gasteiger partial charge >= 0.3 is 0 Å². The third-order valence-corrected chi connectivity index (χ3v) is 3.40. The van der Waals surface area contributed by atoms with Crippen LogP contribution in [0.5, 0.6) is 0 Å². The zero-order chi connectivity index (χ0) is 9.26. The van der Waals surface area contributed by atoms with Crippen molar-refractivity contribution >= 4 is 33.6 Å². The van der Waals surface area contributed by atoms with Crippen LogP contribution in [0.1, 0.15) is 6.92 Å². The second-order valence-corrected chi connectivity index (χ2v) is 4.72. The molecule has 0 spiro atoms. The highest BCUT2D eigenvalue weighted by molar-refractivity contribution is 9.10. The van der Waals surface area contributed by atoms with E-state index >= 15 is 0 Å². The van der Waals surface area contributed by atoms with Gasteiger partial charge in [0.25, 0.3) is 0 Å². The highest BCUT2D eigenvalue weighted by atomic mass is 79.9. The summed E-state index contributed by atoms with van der Waals surface area (Å²) in [5.41, 5.74) is 1.33. The van der Waals surface area contributed by atoms with Gasteiger partial charge in [-0.25, -0.2) is 4.72 Å². The molecular formula is C9H11BrN2S. The van der Waals surface area contributed by atoms with Crippen molar-refractivity contribution in [2.45, 2.75) is 11.8 Å². The Morgan fingerprint density at radius 2 is 2.46 bits per heavy atom. The van der Waals surface area contributed by atoms with Gasteiger partial charge in [-0.15, -0.1) is 0 Å². The van der Waals surface area contributed by atoms with Crippen LogP contribution in [0.25, 0.3) is 0 Å². The van der Waals surface area contributed by atoms with E-state index < -0.39 is 0 Å². The Morgan fingerprint density at radius 3 is 3.23 bits per heavy atom. The second-order valence-electron chi connectivity index (χ2n) is 2.87. The largest absolute Gasteiger partial charge is 0.357 e. The number of fused-ring (bicyclic) bond motifs is 1. The summed E-state index contributed by atoms with van der Waals surface area (Å²) in [7, 11) is 0. The van der Waals surface area contributed by atoms with Gasteiger partial charge < -0.3 is 4.90 Å². The molecule has 1 aliphatic rings. The normalized spacial score (nSPS) is 15.7. The van der Waals surface area contributed by atoms with Gasteiger partial charge in [0.15, 0.2) is 0 Å². The number of rotatable bonds is 1. The molecule has 0 saturated heterocycles. The Bertz CT molecular complexity index is 316. The van der Waals surface area contributed by atoms with Crippen molar-refractivity contribution in [2.75, 3.05) is 18.1 Å². The summed E-state index contributed by atoms with van der Waals surface area (Å²) < 4.78 is 4.43. The van der Waals surface area contributed by atoms with Crippen molar-refractivity contribution in [2.24, 2.45) is 0 Å². The number of nitrogens with one attached hydrogen (secondary N) is 1. The minimum absolute atomic E-state index is 0.926. The Balaban J connectivity index is 2.40. The summed E-state index contributed by atoms with van der Waals surface area (Å²) in [6, 6.07) is 6.40. The van der Waals surface area contributed by atoms with E-state index in [4.69, 9.17) is 0 Å². The molecule has 0 aromatic heterocycles. The van der Waals surface area contributed by atoms with E-state index in [0.717, 1.165) is 17.7 Å². The van der Waals surface area contributed by atoms with E-state index in [0.29, 0.717) is 0 Å². The molecule has 0 unspecified atom stereocenters. The molecule has 0 fully saturated rings. The topological polar surface area (TPSA) is 15.3 Å². The van der Waals surface area contributed by atoms with Crippen LogP contribution in [0.4, 0.5) is 5.69 Å². The molecule has 1 N–H and O–H groups in total. The molecule has 70 valence electrons. The molecule has 0 radical (unpaired) electrons. The van der Waals surface area contributed by atoms with Crippen molar-refractivity contribution < 1.29 is 0 Å². The molecule has 2 nitrogen and oxygen atoms in total. The van der Waals surface area contributed by atoms with Gasteiger partial charge in [0, 0.05) is 15.9 Å². The van der Waals surface area contributed by atoms with Crippen LogP contribution in [0.2, 0.25) is 0 Å². The van der Waals surface area contributed by atoms with Gasteiger partial charge in [-0.3, -0.25) is 0 Å². The van der Waals surface area contributed by atoms with Crippen LogP contribution in [0.3, 0.4) is 0 Å². The van der Waals surface area contributed by atoms with Crippen molar-refractivity contribution in [1.82, 2.24) is 4.72 Å². The molecule has 1 heterocycles. The summed E-state index contributed by atoms with van der Waals surface area (Å²) in [6.07, 6.45) is 0. The molecule has 2 rings (SSSR count). The molecule has 4 heteroatoms. The van der Waals surface area contributed by atoms with Crippen LogP contribution in [-0.4, -0.2) is 13.2 Å². The number of anilines is 1. The molecule has 1 aromatic rings. The molecule has 1 aliphatic heterocycles. The van der Waals surface area contributed by atoms with Crippen LogP contribution in [0, 0.1) is 0 Å². The third-order valence-electron chi connectivity index (χ3n) is 2.08. The highest BCUT2D eigenvalue weighted by Crippen LogP contribution is 2.33. The fraction of sp³-hybridized carbons (Fsp3) is 0.333. The number of hydrogen-bond donors (Lipinski definition) is 1. The van der Waals surface area contributed by atoms with Crippen molar-refractivity contribution in [3.63, 3.8) is 0 Å². The number of nitrogens with zero attached hydrogens (tertiary/aromatic N) is 1. The smallest absolute Gasteiger partial charge is 0.0778 e. The van der Waals surface area contributed by atoms with Gasteiger partial charge in [0.1, 0.15) is 0 Å². The summed E-state index contributed by atoms with van der Waals surface area (Å²) in [5.74, 6) is 0. The van der Waals surface area contributed by atoms with Gasteiger partial charge in [0.2, 0.25) is 0 Å². The molecule has 13 heavy (non-hydrogen) atoms. The molecule has 0 aliphatic carbocycles. The predicted octanol–water partition coefficient (Wildman–Crippen LogP) is 2.84. The van der Waals surface area contributed by atoms with Crippen LogP contribution < -0.4 is 9.62 Å². The maximum atomic E-state index is 3.47. The molecule has 0 bridgehead atoms. The first-order chi connectivity index (χ1) is 6.31. The first-order valence-corrected chi connectivity index (χ1v) is 5.86. The predicted molar refractivity (Wildman–Crippen MR) is 61.0 cm³/mol. The molecule has 1 aromatic carbocycles. The average Bonchev–Trinajstić information content (AvgIpc) is 2.16. The minimum atomic E-state index is 0.926. The first kappa shape index (κ1) is 9.37. The monoisotopic (exact) mass is 258 g/mol. The first-order valence-electron chi connectivity index (χ1n) is 4.25. The van der Waals surface area contributed by atoms with Gasteiger partial charge in [-0.1, -0.05) is 15.9 Å². The fourth-order valence-corrected chi connectivity index (χ4v) is 2.76. The fourth-order valence-electron chi connectivity index (χ4n) is 1.39. The number of hydrogen-bond acceptors (Lipinski definition) is 3. The standard InChI is InChI=1S/C9H11BrN2S/c1-2-12-6-11-13-9-5-7(10)3-4-8(9)12/h3-5,11H,2,6H2,1H3. The Morgan fingerprint density at radius 1 is 1.62 bits per heavy atom. The summed E-state index contributed by atoms with van der Waals surface area (Å²) in [4.78, 5) is 3.61. The minimum Gasteiger partial charge on any atom is -0.357 e. The van der Waals surface area contributed by atoms with E-state index in [-0.39, 0.29) is 0 Å². The van der Waals surface area contributed by atoms with Crippen LogP contribution >= 0.6 is 27.9 Å². The summed E-state index contributed by atoms with van der Waals surface area (Å²) in [6.45, 7) is 4.14. The van der Waals surface area contributed by atoms with Gasteiger partial charge in [-0.05, 0) is 37.1 Å². The lowest BCUT2D eigenvalue weighted by Crippen LogP contribution is -2.34. The van der Waals surface area contributed by atoms with Crippen molar-refractivity contribution in [1.29, 1.82) is 0 Å².